The first-order chi connectivity index (χ1) is 18.2. The van der Waals surface area contributed by atoms with E-state index in [4.69, 9.17) is 5.73 Å². The average molecular weight is 544 g/mol. The zero-order valence-electron chi connectivity index (χ0n) is 21.5. The van der Waals surface area contributed by atoms with E-state index >= 15 is 0 Å². The minimum atomic E-state index is -2.74. The Morgan fingerprint density at radius 3 is 2.41 bits per heavy atom. The molecule has 0 fully saturated rings. The van der Waals surface area contributed by atoms with Gasteiger partial charge in [0.2, 0.25) is 11.7 Å². The van der Waals surface area contributed by atoms with E-state index in [0.29, 0.717) is 5.56 Å². The summed E-state index contributed by atoms with van der Waals surface area (Å²) in [7, 11) is 4.27. The second-order valence-corrected chi connectivity index (χ2v) is 10.1. The molecule has 208 valence electrons. The number of anilines is 1. The SMILES string of the molecule is COC(=O)CCC(=O)Nc1ccc2c(c1O)C(=O)C1=C(O)C3(O)C(=O)C(C(N)=O)=C(O)C(N(C)C)C3CC1C2. The Morgan fingerprint density at radius 2 is 1.82 bits per heavy atom. The summed E-state index contributed by atoms with van der Waals surface area (Å²) in [6.07, 6.45) is -0.344. The lowest BCUT2D eigenvalue weighted by Gasteiger charge is -2.50. The summed E-state index contributed by atoms with van der Waals surface area (Å²) in [6, 6.07) is 1.84. The molecule has 0 radical (unpaired) electrons. The highest BCUT2D eigenvalue weighted by Gasteiger charge is 2.63. The number of nitrogens with zero attached hydrogens (tertiary/aromatic N) is 1. The number of benzene rings is 1. The van der Waals surface area contributed by atoms with E-state index in [9.17, 15) is 44.4 Å². The third-order valence-electron chi connectivity index (χ3n) is 7.65. The van der Waals surface area contributed by atoms with Crippen LogP contribution < -0.4 is 11.1 Å². The fraction of sp³-hybridized carbons (Fsp3) is 0.423. The first kappa shape index (κ1) is 27.8. The van der Waals surface area contributed by atoms with Crippen molar-refractivity contribution < 1.29 is 49.1 Å². The van der Waals surface area contributed by atoms with Gasteiger partial charge in [-0.1, -0.05) is 6.07 Å². The number of amides is 2. The minimum Gasteiger partial charge on any atom is -0.510 e. The number of aliphatic hydroxyl groups excluding tert-OH is 2. The molecule has 0 saturated heterocycles. The Labute approximate surface area is 222 Å². The number of ether oxygens (including phenoxy) is 1. The maximum Gasteiger partial charge on any atom is 0.306 e. The molecule has 0 aliphatic heterocycles. The minimum absolute atomic E-state index is 0.0292. The third kappa shape index (κ3) is 4.23. The molecule has 0 spiro atoms. The van der Waals surface area contributed by atoms with Gasteiger partial charge in [0.25, 0.3) is 5.91 Å². The predicted octanol–water partition coefficient (Wildman–Crippen LogP) is 0.0123. The van der Waals surface area contributed by atoms with Gasteiger partial charge in [0, 0.05) is 17.9 Å². The summed E-state index contributed by atoms with van der Waals surface area (Å²) >= 11 is 0. The zero-order chi connectivity index (χ0) is 29.0. The van der Waals surface area contributed by atoms with Crippen LogP contribution in [0.5, 0.6) is 5.75 Å². The van der Waals surface area contributed by atoms with E-state index in [2.05, 4.69) is 10.1 Å². The molecule has 3 aliphatic rings. The number of aliphatic hydroxyl groups is 3. The van der Waals surface area contributed by atoms with Gasteiger partial charge < -0.3 is 36.2 Å². The topological polar surface area (TPSA) is 217 Å². The predicted molar refractivity (Wildman–Crippen MR) is 134 cm³/mol. The number of likely N-dealkylation sites (N-methyl/N-ethyl adjacent to an activating group) is 1. The van der Waals surface area contributed by atoms with E-state index in [-0.39, 0.29) is 42.5 Å². The third-order valence-corrected chi connectivity index (χ3v) is 7.65. The van der Waals surface area contributed by atoms with Crippen LogP contribution in [0.2, 0.25) is 0 Å². The fourth-order valence-corrected chi connectivity index (χ4v) is 5.86. The van der Waals surface area contributed by atoms with Crippen molar-refractivity contribution in [3.8, 4) is 5.75 Å². The number of phenols is 1. The number of phenolic OH excluding ortho intramolecular Hbond substituents is 1. The van der Waals surface area contributed by atoms with Crippen LogP contribution in [0.4, 0.5) is 5.69 Å². The van der Waals surface area contributed by atoms with Gasteiger partial charge in [0.15, 0.2) is 17.1 Å². The van der Waals surface area contributed by atoms with Crippen LogP contribution in [0.3, 0.4) is 0 Å². The molecule has 0 saturated carbocycles. The Kier molecular flexibility index (Phi) is 7.00. The largest absolute Gasteiger partial charge is 0.510 e. The van der Waals surface area contributed by atoms with Crippen LogP contribution in [0.15, 0.2) is 34.8 Å². The van der Waals surface area contributed by atoms with E-state index in [1.807, 2.05) is 0 Å². The maximum atomic E-state index is 13.7. The molecular weight excluding hydrogens is 514 g/mol. The smallest absolute Gasteiger partial charge is 0.306 e. The van der Waals surface area contributed by atoms with Crippen molar-refractivity contribution in [1.29, 1.82) is 0 Å². The summed E-state index contributed by atoms with van der Waals surface area (Å²) in [5.74, 6) is -8.76. The van der Waals surface area contributed by atoms with Crippen molar-refractivity contribution in [2.45, 2.75) is 37.3 Å². The van der Waals surface area contributed by atoms with E-state index in [1.165, 1.54) is 24.1 Å². The number of hydrogen-bond acceptors (Lipinski definition) is 11. The van der Waals surface area contributed by atoms with Crippen molar-refractivity contribution in [1.82, 2.24) is 4.90 Å². The Morgan fingerprint density at radius 1 is 1.15 bits per heavy atom. The molecule has 0 bridgehead atoms. The molecule has 7 N–H and O–H groups in total. The molecule has 0 aromatic heterocycles. The first-order valence-electron chi connectivity index (χ1n) is 12.1. The van der Waals surface area contributed by atoms with Crippen molar-refractivity contribution in [2.24, 2.45) is 17.6 Å². The molecule has 4 unspecified atom stereocenters. The molecule has 13 nitrogen and oxygen atoms in total. The van der Waals surface area contributed by atoms with Crippen LogP contribution in [0, 0.1) is 11.8 Å². The number of aromatic hydroxyl groups is 1. The second-order valence-electron chi connectivity index (χ2n) is 10.1. The zero-order valence-corrected chi connectivity index (χ0v) is 21.5. The Balaban J connectivity index is 1.77. The molecule has 2 amide bonds. The second kappa shape index (κ2) is 9.82. The molecule has 0 heterocycles. The van der Waals surface area contributed by atoms with E-state index in [0.717, 1.165) is 0 Å². The number of hydrogen-bond donors (Lipinski definition) is 6. The van der Waals surface area contributed by atoms with Crippen molar-refractivity contribution in [3.63, 3.8) is 0 Å². The fourth-order valence-electron chi connectivity index (χ4n) is 5.86. The quantitative estimate of drug-likeness (QED) is 0.160. The summed E-state index contributed by atoms with van der Waals surface area (Å²) in [4.78, 5) is 64.0. The van der Waals surface area contributed by atoms with Gasteiger partial charge in [-0.3, -0.25) is 28.9 Å². The first-order valence-corrected chi connectivity index (χ1v) is 12.1. The van der Waals surface area contributed by atoms with Gasteiger partial charge in [-0.15, -0.1) is 0 Å². The molecule has 39 heavy (non-hydrogen) atoms. The van der Waals surface area contributed by atoms with Crippen LogP contribution in [-0.2, 0) is 30.3 Å². The number of allylic oxidation sites excluding steroid dienone is 1. The van der Waals surface area contributed by atoms with Crippen LogP contribution >= 0.6 is 0 Å². The number of methoxy groups -OCH3 is 1. The molecule has 4 atom stereocenters. The van der Waals surface area contributed by atoms with Crippen LogP contribution in [0.1, 0.15) is 35.2 Å². The van der Waals surface area contributed by atoms with Gasteiger partial charge in [-0.2, -0.15) is 0 Å². The monoisotopic (exact) mass is 543 g/mol. The molecule has 3 aliphatic carbocycles. The summed E-state index contributed by atoms with van der Waals surface area (Å²) in [5.41, 5.74) is 1.44. The lowest BCUT2D eigenvalue weighted by Crippen LogP contribution is -2.63. The van der Waals surface area contributed by atoms with Gasteiger partial charge in [0.1, 0.15) is 17.1 Å². The standard InChI is InChI=1S/C26H29N3O10/c1-29(2)19-12-9-11-8-10-4-5-13(28-14(30)6-7-15(31)39-3)20(32)16(10)21(33)17(11)23(35)26(12,38)24(36)18(22(19)34)25(27)37/h4-5,11-12,19,32,34-35,38H,6-9H2,1-3H3,(H2,27,37)(H,28,30). The van der Waals surface area contributed by atoms with E-state index < -0.39 is 75.7 Å². The summed E-state index contributed by atoms with van der Waals surface area (Å²) < 4.78 is 4.49. The molecule has 13 heteroatoms. The highest BCUT2D eigenvalue weighted by atomic mass is 16.5. The highest BCUT2D eigenvalue weighted by molar-refractivity contribution is 6.25. The Bertz CT molecular complexity index is 1380. The van der Waals surface area contributed by atoms with Gasteiger partial charge in [0.05, 0.1) is 30.8 Å². The number of carbonyl (C=O) groups is 5. The number of rotatable bonds is 6. The molecule has 1 aromatic carbocycles. The van der Waals surface area contributed by atoms with Gasteiger partial charge in [-0.25, -0.2) is 0 Å². The number of Topliss-reactive ketones (excluding diaryl/α,β-unsaturated/α-hetero) is 2. The number of nitrogens with two attached hydrogens (primary N) is 1. The van der Waals surface area contributed by atoms with Crippen molar-refractivity contribution in [3.05, 3.63) is 45.9 Å². The maximum absolute atomic E-state index is 13.7. The van der Waals surface area contributed by atoms with E-state index in [1.54, 1.807) is 14.1 Å². The summed E-state index contributed by atoms with van der Waals surface area (Å²) in [6.45, 7) is 0. The molecule has 4 rings (SSSR count). The lowest BCUT2D eigenvalue weighted by atomic mass is 9.58. The van der Waals surface area contributed by atoms with Crippen LogP contribution in [-0.4, -0.2) is 87.5 Å². The molecule has 1 aromatic rings. The van der Waals surface area contributed by atoms with Gasteiger partial charge >= 0.3 is 5.97 Å². The van der Waals surface area contributed by atoms with Gasteiger partial charge in [-0.05, 0) is 44.5 Å². The van der Waals surface area contributed by atoms with Crippen LogP contribution in [0.25, 0.3) is 0 Å². The number of ketones is 2. The van der Waals surface area contributed by atoms with Crippen molar-refractivity contribution >= 4 is 35.0 Å². The number of fused-ring (bicyclic) bond motifs is 3. The number of carbonyl (C=O) groups excluding carboxylic acids is 5. The molecular formula is C26H29N3O10. The number of primary amides is 1. The number of nitrogens with one attached hydrogen (secondary N) is 1. The average Bonchev–Trinajstić information content (AvgIpc) is 2.86. The highest BCUT2D eigenvalue weighted by Crippen LogP contribution is 2.52. The normalized spacial score (nSPS) is 26.1. The summed E-state index contributed by atoms with van der Waals surface area (Å²) in [5, 5.41) is 47.0. The Hall–Kier alpha value is -4.23. The van der Waals surface area contributed by atoms with Crippen molar-refractivity contribution in [2.75, 3.05) is 26.5 Å². The number of esters is 1. The lowest BCUT2D eigenvalue weighted by molar-refractivity contribution is -0.148.